The number of carboxylic acid groups (broad SMARTS) is 1. The number of hydrogen-bond acceptors (Lipinski definition) is 5. The molecule has 0 aromatic heterocycles. The molecule has 7 nitrogen and oxygen atoms in total. The number of rotatable bonds is 6. The number of methoxy groups -OCH3 is 1. The predicted octanol–water partition coefficient (Wildman–Crippen LogP) is -0.812. The van der Waals surface area contributed by atoms with Crippen molar-refractivity contribution in [2.45, 2.75) is 19.1 Å². The summed E-state index contributed by atoms with van der Waals surface area (Å²) in [6.45, 7) is 2.26. The normalized spacial score (nSPS) is 15.2. The highest BCUT2D eigenvalue weighted by molar-refractivity contribution is 7.90. The van der Waals surface area contributed by atoms with Gasteiger partial charge in [0, 0.05) is 6.54 Å². The van der Waals surface area contributed by atoms with E-state index in [0.29, 0.717) is 0 Å². The highest BCUT2D eigenvalue weighted by Crippen LogP contribution is 2.02. The molecule has 0 aliphatic rings. The molecule has 0 heterocycles. The van der Waals surface area contributed by atoms with Gasteiger partial charge in [-0.3, -0.25) is 9.59 Å². The molecule has 2 N–H and O–H groups in total. The number of carbonyl (C=O) groups is 2. The number of sulfonamides is 1. The fourth-order valence-corrected chi connectivity index (χ4v) is 1.83. The van der Waals surface area contributed by atoms with Gasteiger partial charge in [-0.2, -0.15) is 0 Å². The first-order valence-electron chi connectivity index (χ1n) is 4.51. The van der Waals surface area contributed by atoms with Crippen molar-refractivity contribution < 1.29 is 27.9 Å². The van der Waals surface area contributed by atoms with Gasteiger partial charge in [0.1, 0.15) is 0 Å². The number of carboxylic acids is 1. The SMILES string of the molecule is COC(=O)C(C)S(=O)(=O)NCC(C)C(=O)O. The lowest BCUT2D eigenvalue weighted by molar-refractivity contribution is -0.141. The summed E-state index contributed by atoms with van der Waals surface area (Å²) in [4.78, 5) is 21.4. The van der Waals surface area contributed by atoms with Crippen LogP contribution >= 0.6 is 0 Å². The summed E-state index contributed by atoms with van der Waals surface area (Å²) in [7, 11) is -2.81. The first-order chi connectivity index (χ1) is 7.22. The first-order valence-corrected chi connectivity index (χ1v) is 6.06. The molecule has 0 rings (SSSR count). The van der Waals surface area contributed by atoms with Gasteiger partial charge in [0.2, 0.25) is 10.0 Å². The first kappa shape index (κ1) is 14.8. The highest BCUT2D eigenvalue weighted by Gasteiger charge is 2.29. The van der Waals surface area contributed by atoms with E-state index in [0.717, 1.165) is 7.11 Å². The largest absolute Gasteiger partial charge is 0.481 e. The highest BCUT2D eigenvalue weighted by atomic mass is 32.2. The predicted molar refractivity (Wildman–Crippen MR) is 55.2 cm³/mol. The molecule has 2 atom stereocenters. The summed E-state index contributed by atoms with van der Waals surface area (Å²) >= 11 is 0. The molecule has 0 aromatic rings. The summed E-state index contributed by atoms with van der Waals surface area (Å²) in [5.41, 5.74) is 0. The minimum Gasteiger partial charge on any atom is -0.481 e. The molecule has 2 unspecified atom stereocenters. The third-order valence-electron chi connectivity index (χ3n) is 2.01. The third-order valence-corrected chi connectivity index (χ3v) is 3.70. The van der Waals surface area contributed by atoms with E-state index in [1.165, 1.54) is 13.8 Å². The van der Waals surface area contributed by atoms with Crippen LogP contribution in [-0.4, -0.2) is 44.4 Å². The molecule has 0 aliphatic heterocycles. The van der Waals surface area contributed by atoms with Crippen molar-refractivity contribution in [2.24, 2.45) is 5.92 Å². The molecule has 0 amide bonds. The number of carbonyl (C=O) groups excluding carboxylic acids is 1. The molecule has 0 saturated heterocycles. The quantitative estimate of drug-likeness (QED) is 0.599. The van der Waals surface area contributed by atoms with Crippen LogP contribution in [0.3, 0.4) is 0 Å². The van der Waals surface area contributed by atoms with Crippen molar-refractivity contribution in [3.63, 3.8) is 0 Å². The number of aliphatic carboxylic acids is 1. The Bertz CT molecular complexity index is 363. The second kappa shape index (κ2) is 5.80. The van der Waals surface area contributed by atoms with E-state index in [2.05, 4.69) is 4.74 Å². The van der Waals surface area contributed by atoms with Gasteiger partial charge in [0.15, 0.2) is 5.25 Å². The zero-order chi connectivity index (χ0) is 12.9. The summed E-state index contributed by atoms with van der Waals surface area (Å²) in [6, 6.07) is 0. The number of esters is 1. The molecule has 0 radical (unpaired) electrons. The maximum Gasteiger partial charge on any atom is 0.325 e. The van der Waals surface area contributed by atoms with Gasteiger partial charge in [-0.05, 0) is 6.92 Å². The Morgan fingerprint density at radius 2 is 1.88 bits per heavy atom. The maximum atomic E-state index is 11.5. The summed E-state index contributed by atoms with van der Waals surface area (Å²) < 4.78 is 29.2. The second-order valence-corrected chi connectivity index (χ2v) is 5.38. The molecule has 0 bridgehead atoms. The van der Waals surface area contributed by atoms with E-state index in [1.807, 2.05) is 4.72 Å². The zero-order valence-corrected chi connectivity index (χ0v) is 10.1. The Morgan fingerprint density at radius 1 is 1.38 bits per heavy atom. The van der Waals surface area contributed by atoms with Crippen LogP contribution in [0.1, 0.15) is 13.8 Å². The monoisotopic (exact) mass is 253 g/mol. The minimum atomic E-state index is -3.89. The van der Waals surface area contributed by atoms with Crippen molar-refractivity contribution in [1.29, 1.82) is 0 Å². The molecule has 8 heteroatoms. The maximum absolute atomic E-state index is 11.5. The summed E-state index contributed by atoms with van der Waals surface area (Å²) in [5.74, 6) is -2.87. The molecular formula is C8H15NO6S. The van der Waals surface area contributed by atoms with Gasteiger partial charge in [0.25, 0.3) is 0 Å². The molecule has 0 aromatic carbocycles. The van der Waals surface area contributed by atoms with Gasteiger partial charge in [-0.25, -0.2) is 13.1 Å². The molecule has 16 heavy (non-hydrogen) atoms. The van der Waals surface area contributed by atoms with Crippen molar-refractivity contribution >= 4 is 22.0 Å². The summed E-state index contributed by atoms with van der Waals surface area (Å²) in [5, 5.41) is 7.18. The van der Waals surface area contributed by atoms with Crippen LogP contribution in [0.15, 0.2) is 0 Å². The van der Waals surface area contributed by atoms with Crippen molar-refractivity contribution in [2.75, 3.05) is 13.7 Å². The molecule has 94 valence electrons. The van der Waals surface area contributed by atoms with Crippen LogP contribution in [0, 0.1) is 5.92 Å². The van der Waals surface area contributed by atoms with E-state index in [4.69, 9.17) is 5.11 Å². The van der Waals surface area contributed by atoms with Crippen molar-refractivity contribution in [3.05, 3.63) is 0 Å². The average molecular weight is 253 g/mol. The van der Waals surface area contributed by atoms with Gasteiger partial charge in [-0.1, -0.05) is 6.92 Å². The standard InChI is InChI=1S/C8H15NO6S/c1-5(7(10)11)4-9-16(13,14)6(2)8(12)15-3/h5-6,9H,4H2,1-3H3,(H,10,11). The van der Waals surface area contributed by atoms with E-state index in [-0.39, 0.29) is 6.54 Å². The fourth-order valence-electron chi connectivity index (χ4n) is 0.746. The molecule has 0 fully saturated rings. The van der Waals surface area contributed by atoms with E-state index >= 15 is 0 Å². The van der Waals surface area contributed by atoms with Crippen LogP contribution in [0.5, 0.6) is 0 Å². The van der Waals surface area contributed by atoms with E-state index in [9.17, 15) is 18.0 Å². The van der Waals surface area contributed by atoms with Crippen LogP contribution in [0.4, 0.5) is 0 Å². The fraction of sp³-hybridized carbons (Fsp3) is 0.750. The number of nitrogens with one attached hydrogen (secondary N) is 1. The lowest BCUT2D eigenvalue weighted by Gasteiger charge is -2.13. The van der Waals surface area contributed by atoms with E-state index in [1.54, 1.807) is 0 Å². The summed E-state index contributed by atoms with van der Waals surface area (Å²) in [6.07, 6.45) is 0. The van der Waals surface area contributed by atoms with Crippen LogP contribution in [0.2, 0.25) is 0 Å². The van der Waals surface area contributed by atoms with Crippen molar-refractivity contribution in [3.8, 4) is 0 Å². The second-order valence-electron chi connectivity index (χ2n) is 3.30. The molecule has 0 spiro atoms. The van der Waals surface area contributed by atoms with Gasteiger partial charge in [0.05, 0.1) is 13.0 Å². The minimum absolute atomic E-state index is 0.265. The zero-order valence-electron chi connectivity index (χ0n) is 9.26. The average Bonchev–Trinajstić information content (AvgIpc) is 2.23. The Morgan fingerprint density at radius 3 is 2.25 bits per heavy atom. The van der Waals surface area contributed by atoms with Crippen LogP contribution < -0.4 is 4.72 Å². The number of ether oxygens (including phenoxy) is 1. The molecular weight excluding hydrogens is 238 g/mol. The van der Waals surface area contributed by atoms with Crippen molar-refractivity contribution in [1.82, 2.24) is 4.72 Å². The molecule has 0 aliphatic carbocycles. The lowest BCUT2D eigenvalue weighted by Crippen LogP contribution is -2.40. The Kier molecular flexibility index (Phi) is 5.39. The van der Waals surface area contributed by atoms with Crippen LogP contribution in [-0.2, 0) is 24.3 Å². The van der Waals surface area contributed by atoms with Gasteiger partial charge in [-0.15, -0.1) is 0 Å². The smallest absolute Gasteiger partial charge is 0.325 e. The molecule has 0 saturated carbocycles. The third kappa shape index (κ3) is 4.15. The van der Waals surface area contributed by atoms with Gasteiger partial charge >= 0.3 is 11.9 Å². The lowest BCUT2D eigenvalue weighted by atomic mass is 10.2. The Balaban J connectivity index is 4.48. The van der Waals surface area contributed by atoms with E-state index < -0.39 is 33.1 Å². The Labute approximate surface area is 93.8 Å². The topological polar surface area (TPSA) is 110 Å². The van der Waals surface area contributed by atoms with Crippen LogP contribution in [0.25, 0.3) is 0 Å². The van der Waals surface area contributed by atoms with Gasteiger partial charge < -0.3 is 9.84 Å². The Hall–Kier alpha value is -1.15. The number of hydrogen-bond donors (Lipinski definition) is 2.